The van der Waals surface area contributed by atoms with Gasteiger partial charge in [0.1, 0.15) is 0 Å². The van der Waals surface area contributed by atoms with E-state index in [1.54, 1.807) is 0 Å². The maximum absolute atomic E-state index is 8.59. The molecule has 0 aromatic rings. The molecule has 0 rings (SSSR count). The van der Waals surface area contributed by atoms with Gasteiger partial charge >= 0.3 is 20.3 Å². The molecule has 0 fully saturated rings. The third kappa shape index (κ3) is 50.4. The molecule has 0 aromatic heterocycles. The van der Waals surface area contributed by atoms with Crippen molar-refractivity contribution >= 4 is 8.60 Å². The van der Waals surface area contributed by atoms with Gasteiger partial charge in [0.05, 0.1) is 0 Å². The molecule has 5 heteroatoms. The van der Waals surface area contributed by atoms with E-state index in [1.165, 1.54) is 0 Å². The molecule has 0 heterocycles. The van der Waals surface area contributed by atoms with Crippen LogP contribution in [0.3, 0.4) is 0 Å². The van der Waals surface area contributed by atoms with Gasteiger partial charge in [-0.15, -0.1) is 0 Å². The van der Waals surface area contributed by atoms with Gasteiger partial charge in [0.15, 0.2) is 0 Å². The molecule has 3 nitrogen and oxygen atoms in total. The minimum atomic E-state index is -3.12. The van der Waals surface area contributed by atoms with Crippen LogP contribution >= 0.6 is 8.60 Å². The Morgan fingerprint density at radius 1 is 1.60 bits per heavy atom. The van der Waals surface area contributed by atoms with Crippen molar-refractivity contribution in [2.75, 3.05) is 0 Å². The van der Waals surface area contributed by atoms with Crippen LogP contribution in [0.1, 0.15) is 1.43 Å². The number of hydrogen-bond acceptors (Lipinski definition) is 3. The zero-order valence-electron chi connectivity index (χ0n) is 3.71. The predicted octanol–water partition coefficient (Wildman–Crippen LogP) is -4.96. The van der Waals surface area contributed by atoms with E-state index in [2.05, 4.69) is 0 Å². The summed E-state index contributed by atoms with van der Waals surface area (Å²) < 4.78 is 0. The molecule has 0 radical (unpaired) electrons. The minimum Gasteiger partial charge on any atom is -0.820 e. The fourth-order valence-electron chi connectivity index (χ4n) is 0. The SMILES string of the molecule is [H+].[Li+].[O-]P([O-])O. The Balaban J connectivity index is -0.0000000450. The first-order valence-electron chi connectivity index (χ1n) is 0.565. The quantitative estimate of drug-likeness (QED) is 0.238. The van der Waals surface area contributed by atoms with Crippen LogP contribution in [0.2, 0.25) is 0 Å². The van der Waals surface area contributed by atoms with Crippen molar-refractivity contribution in [3.05, 3.63) is 0 Å². The summed E-state index contributed by atoms with van der Waals surface area (Å²) in [5, 5.41) is 0. The van der Waals surface area contributed by atoms with Gasteiger partial charge in [0.2, 0.25) is 0 Å². The van der Waals surface area contributed by atoms with Gasteiger partial charge < -0.3 is 14.7 Å². The van der Waals surface area contributed by atoms with E-state index in [4.69, 9.17) is 14.7 Å². The monoisotopic (exact) mass is 88.0 g/mol. The summed E-state index contributed by atoms with van der Waals surface area (Å²) in [5.74, 6) is 0. The van der Waals surface area contributed by atoms with Crippen LogP contribution in [-0.2, 0) is 0 Å². The van der Waals surface area contributed by atoms with Crippen LogP contribution in [0.5, 0.6) is 0 Å². The van der Waals surface area contributed by atoms with E-state index >= 15 is 0 Å². The molecule has 0 spiro atoms. The second-order valence-electron chi connectivity index (χ2n) is 0.238. The summed E-state index contributed by atoms with van der Waals surface area (Å²) >= 11 is 0. The Bertz CT molecular complexity index is 15.5. The number of hydrogen-bond donors (Lipinski definition) is 1. The zero-order chi connectivity index (χ0) is 3.58. The predicted molar refractivity (Wildman–Crippen MR) is 10.3 cm³/mol. The molecule has 1 N–H and O–H groups in total. The molecule has 0 aliphatic heterocycles. The van der Waals surface area contributed by atoms with Crippen LogP contribution in [0.25, 0.3) is 0 Å². The summed E-state index contributed by atoms with van der Waals surface area (Å²) in [4.78, 5) is 24.2. The second kappa shape index (κ2) is 4.91. The average Bonchev–Trinajstić information content (AvgIpc) is 0.811. The smallest absolute Gasteiger partial charge is 0.820 e. The standard InChI is InChI=1S/Li.HO3P/c;1-4(2)3/h;1H/q+1;-2/p+1. The maximum atomic E-state index is 8.59. The van der Waals surface area contributed by atoms with E-state index in [9.17, 15) is 0 Å². The van der Waals surface area contributed by atoms with Gasteiger partial charge in [-0.2, -0.15) is 8.60 Å². The Morgan fingerprint density at radius 3 is 1.60 bits per heavy atom. The third-order valence-corrected chi connectivity index (χ3v) is 0. The van der Waals surface area contributed by atoms with E-state index in [-0.39, 0.29) is 20.3 Å². The number of rotatable bonds is 0. The molecule has 0 bridgehead atoms. The van der Waals surface area contributed by atoms with Gasteiger partial charge in [-0.3, -0.25) is 0 Å². The molecule has 0 amide bonds. The Hall–Kier alpha value is 0.907. The normalized spacial score (nSPS) is 7.20. The molecule has 0 saturated carbocycles. The molecular formula is H2LiO3P. The van der Waals surface area contributed by atoms with Crippen molar-refractivity contribution in [3.8, 4) is 0 Å². The molecule has 0 aliphatic carbocycles. The summed E-state index contributed by atoms with van der Waals surface area (Å²) in [6.45, 7) is 0. The van der Waals surface area contributed by atoms with E-state index < -0.39 is 8.60 Å². The van der Waals surface area contributed by atoms with Crippen LogP contribution in [0.15, 0.2) is 0 Å². The van der Waals surface area contributed by atoms with E-state index in [0.29, 0.717) is 0 Å². The summed E-state index contributed by atoms with van der Waals surface area (Å²) in [6, 6.07) is 0. The molecule has 0 aromatic carbocycles. The van der Waals surface area contributed by atoms with Crippen LogP contribution in [0, 0.1) is 0 Å². The molecule has 0 saturated heterocycles. The van der Waals surface area contributed by atoms with Gasteiger partial charge in [-0.1, -0.05) is 0 Å². The minimum absolute atomic E-state index is 0. The first kappa shape index (κ1) is 9.32. The van der Waals surface area contributed by atoms with Gasteiger partial charge in [-0.25, -0.2) is 0 Å². The Morgan fingerprint density at radius 2 is 1.60 bits per heavy atom. The summed E-state index contributed by atoms with van der Waals surface area (Å²) in [5.41, 5.74) is 0. The van der Waals surface area contributed by atoms with Crippen molar-refractivity contribution in [1.29, 1.82) is 0 Å². The first-order chi connectivity index (χ1) is 1.73. The van der Waals surface area contributed by atoms with Crippen LogP contribution in [-0.4, -0.2) is 4.89 Å². The molecule has 0 aliphatic rings. The third-order valence-electron chi connectivity index (χ3n) is 0. The largest absolute Gasteiger partial charge is 1.00 e. The van der Waals surface area contributed by atoms with E-state index in [1.807, 2.05) is 0 Å². The van der Waals surface area contributed by atoms with Crippen molar-refractivity contribution in [2.24, 2.45) is 0 Å². The van der Waals surface area contributed by atoms with Gasteiger partial charge in [-0.05, 0) is 0 Å². The van der Waals surface area contributed by atoms with Crippen molar-refractivity contribution in [1.82, 2.24) is 0 Å². The molecule has 0 atom stereocenters. The molecular weight excluding hydrogens is 85.9 g/mol. The van der Waals surface area contributed by atoms with Crippen LogP contribution < -0.4 is 28.6 Å². The average molecular weight is 87.9 g/mol. The summed E-state index contributed by atoms with van der Waals surface area (Å²) in [7, 11) is -3.12. The Kier molecular flexibility index (Phi) is 9.15. The maximum Gasteiger partial charge on any atom is 1.00 e. The van der Waals surface area contributed by atoms with E-state index in [0.717, 1.165) is 0 Å². The van der Waals surface area contributed by atoms with Crippen molar-refractivity contribution in [3.63, 3.8) is 0 Å². The van der Waals surface area contributed by atoms with Gasteiger partial charge in [0.25, 0.3) is 0 Å². The Labute approximate surface area is 44.3 Å². The van der Waals surface area contributed by atoms with Crippen molar-refractivity contribution < 1.29 is 35.0 Å². The zero-order valence-corrected chi connectivity index (χ0v) is 3.61. The molecule has 26 valence electrons. The van der Waals surface area contributed by atoms with Gasteiger partial charge in [0, 0.05) is 0 Å². The second-order valence-corrected chi connectivity index (χ2v) is 0.714. The first-order valence-corrected chi connectivity index (χ1v) is 1.70. The van der Waals surface area contributed by atoms with Crippen LogP contribution in [0.4, 0.5) is 0 Å². The molecule has 5 heavy (non-hydrogen) atoms. The summed E-state index contributed by atoms with van der Waals surface area (Å²) in [6.07, 6.45) is 0. The molecule has 0 unspecified atom stereocenters. The fourth-order valence-corrected chi connectivity index (χ4v) is 0. The van der Waals surface area contributed by atoms with Crippen molar-refractivity contribution in [2.45, 2.75) is 0 Å². The topological polar surface area (TPSA) is 66.3 Å². The fraction of sp³-hybridized carbons (Fsp3) is 0.